The standard InChI is InChI=1S/C32H64/c1-14-20-31(13,32(17-4,28-21-25(28)7)30(11,12)16-3)23-27(19-18-24(5)6)26(15-2)22-29(8,9)10/h24-28H,14-23H2,1-13H3. The molecule has 0 nitrogen and oxygen atoms in total. The van der Waals surface area contributed by atoms with E-state index in [-0.39, 0.29) is 0 Å². The second kappa shape index (κ2) is 11.6. The molecule has 0 radical (unpaired) electrons. The molecule has 0 heteroatoms. The Bertz CT molecular complexity index is 535. The third-order valence-corrected chi connectivity index (χ3v) is 10.2. The molecule has 0 aromatic carbocycles. The highest BCUT2D eigenvalue weighted by Crippen LogP contribution is 2.71. The SMILES string of the molecule is CCCC(C)(CC(CCC(C)C)C(CC)CC(C)(C)C)C(CC)(C1CC1C)C(C)(C)CC. The van der Waals surface area contributed by atoms with Crippen LogP contribution in [0.5, 0.6) is 0 Å². The summed E-state index contributed by atoms with van der Waals surface area (Å²) in [5.41, 5.74) is 1.71. The average molecular weight is 449 g/mol. The van der Waals surface area contributed by atoms with Crippen molar-refractivity contribution in [3.8, 4) is 0 Å². The van der Waals surface area contributed by atoms with Crippen molar-refractivity contribution in [3.05, 3.63) is 0 Å². The number of hydrogen-bond donors (Lipinski definition) is 0. The first-order valence-electron chi connectivity index (χ1n) is 14.6. The fourth-order valence-electron chi connectivity index (χ4n) is 8.38. The average Bonchev–Trinajstić information content (AvgIpc) is 3.39. The number of hydrogen-bond acceptors (Lipinski definition) is 0. The van der Waals surface area contributed by atoms with E-state index in [1.807, 2.05) is 0 Å². The molecule has 1 aliphatic carbocycles. The van der Waals surface area contributed by atoms with Gasteiger partial charge in [-0.15, -0.1) is 0 Å². The van der Waals surface area contributed by atoms with Gasteiger partial charge in [-0.2, -0.15) is 0 Å². The minimum absolute atomic E-state index is 0.398. The summed E-state index contributed by atoms with van der Waals surface area (Å²) in [6.07, 6.45) is 13.8. The molecule has 32 heavy (non-hydrogen) atoms. The highest BCUT2D eigenvalue weighted by atomic mass is 14.7. The maximum atomic E-state index is 2.76. The van der Waals surface area contributed by atoms with E-state index in [1.165, 1.54) is 64.2 Å². The van der Waals surface area contributed by atoms with Crippen molar-refractivity contribution >= 4 is 0 Å². The lowest BCUT2D eigenvalue weighted by atomic mass is 9.44. The number of rotatable bonds is 15. The lowest BCUT2D eigenvalue weighted by Gasteiger charge is -2.60. The van der Waals surface area contributed by atoms with E-state index < -0.39 is 0 Å². The normalized spacial score (nSPS) is 25.3. The molecule has 0 saturated heterocycles. The summed E-state index contributed by atoms with van der Waals surface area (Å²) in [5, 5.41) is 0. The molecular formula is C32H64. The smallest absolute Gasteiger partial charge is 0.0164 e. The van der Waals surface area contributed by atoms with Crippen LogP contribution in [0.2, 0.25) is 0 Å². The van der Waals surface area contributed by atoms with Crippen molar-refractivity contribution in [1.29, 1.82) is 0 Å². The molecule has 1 fully saturated rings. The zero-order chi connectivity index (χ0) is 25.0. The van der Waals surface area contributed by atoms with Crippen molar-refractivity contribution in [2.24, 2.45) is 51.2 Å². The van der Waals surface area contributed by atoms with Crippen LogP contribution in [-0.4, -0.2) is 0 Å². The van der Waals surface area contributed by atoms with E-state index in [0.717, 1.165) is 29.6 Å². The second-order valence-corrected chi connectivity index (χ2v) is 14.6. The van der Waals surface area contributed by atoms with E-state index in [4.69, 9.17) is 0 Å². The minimum atomic E-state index is 0.398. The Labute approximate surface area is 205 Å². The van der Waals surface area contributed by atoms with E-state index in [9.17, 15) is 0 Å². The maximum Gasteiger partial charge on any atom is -0.0164 e. The monoisotopic (exact) mass is 449 g/mol. The molecular weight excluding hydrogens is 384 g/mol. The van der Waals surface area contributed by atoms with E-state index in [0.29, 0.717) is 21.7 Å². The Morgan fingerprint density at radius 1 is 0.781 bits per heavy atom. The summed E-state index contributed by atoms with van der Waals surface area (Å²) in [6, 6.07) is 0. The highest BCUT2D eigenvalue weighted by Gasteiger charge is 2.63. The van der Waals surface area contributed by atoms with Gasteiger partial charge in [0.2, 0.25) is 0 Å². The van der Waals surface area contributed by atoms with E-state index >= 15 is 0 Å². The van der Waals surface area contributed by atoms with Crippen LogP contribution in [0.25, 0.3) is 0 Å². The molecule has 1 rings (SSSR count). The van der Waals surface area contributed by atoms with Crippen LogP contribution in [0.4, 0.5) is 0 Å². The topological polar surface area (TPSA) is 0 Å². The molecule has 0 aromatic heterocycles. The third-order valence-electron chi connectivity index (χ3n) is 10.2. The lowest BCUT2D eigenvalue weighted by Crippen LogP contribution is -2.53. The Kier molecular flexibility index (Phi) is 10.9. The molecule has 0 N–H and O–H groups in total. The summed E-state index contributed by atoms with van der Waals surface area (Å²) in [5.74, 6) is 4.38. The first-order chi connectivity index (χ1) is 14.6. The first kappa shape index (κ1) is 30.0. The van der Waals surface area contributed by atoms with Crippen molar-refractivity contribution in [2.45, 2.75) is 154 Å². The van der Waals surface area contributed by atoms with Gasteiger partial charge in [-0.05, 0) is 89.8 Å². The molecule has 0 aromatic rings. The van der Waals surface area contributed by atoms with Gasteiger partial charge in [0.05, 0.1) is 0 Å². The van der Waals surface area contributed by atoms with Gasteiger partial charge in [0, 0.05) is 0 Å². The summed E-state index contributed by atoms with van der Waals surface area (Å²) in [7, 11) is 0. The van der Waals surface area contributed by atoms with Gasteiger partial charge in [0.25, 0.3) is 0 Å². The molecule has 6 atom stereocenters. The molecule has 1 aliphatic rings. The molecule has 0 bridgehead atoms. The predicted molar refractivity (Wildman–Crippen MR) is 147 cm³/mol. The zero-order valence-electron chi connectivity index (χ0n) is 25.0. The van der Waals surface area contributed by atoms with Gasteiger partial charge in [0.15, 0.2) is 0 Å². The summed E-state index contributed by atoms with van der Waals surface area (Å²) >= 11 is 0. The molecule has 192 valence electrons. The molecule has 0 aliphatic heterocycles. The van der Waals surface area contributed by atoms with Gasteiger partial charge in [-0.25, -0.2) is 0 Å². The molecule has 1 saturated carbocycles. The van der Waals surface area contributed by atoms with Crippen LogP contribution < -0.4 is 0 Å². The Morgan fingerprint density at radius 3 is 1.69 bits per heavy atom. The van der Waals surface area contributed by atoms with Crippen molar-refractivity contribution in [2.75, 3.05) is 0 Å². The van der Waals surface area contributed by atoms with Gasteiger partial charge in [-0.1, -0.05) is 116 Å². The Morgan fingerprint density at radius 2 is 1.34 bits per heavy atom. The fourth-order valence-corrected chi connectivity index (χ4v) is 8.38. The third kappa shape index (κ3) is 6.78. The highest BCUT2D eigenvalue weighted by molar-refractivity contribution is 5.12. The van der Waals surface area contributed by atoms with Crippen LogP contribution in [0.1, 0.15) is 154 Å². The molecule has 0 heterocycles. The summed E-state index contributed by atoms with van der Waals surface area (Å²) < 4.78 is 0. The van der Waals surface area contributed by atoms with Gasteiger partial charge in [-0.3, -0.25) is 0 Å². The van der Waals surface area contributed by atoms with Gasteiger partial charge >= 0.3 is 0 Å². The second-order valence-electron chi connectivity index (χ2n) is 14.6. The van der Waals surface area contributed by atoms with Gasteiger partial charge in [0.1, 0.15) is 0 Å². The van der Waals surface area contributed by atoms with E-state index in [2.05, 4.69) is 90.0 Å². The van der Waals surface area contributed by atoms with Crippen LogP contribution in [0, 0.1) is 51.2 Å². The van der Waals surface area contributed by atoms with Crippen molar-refractivity contribution in [1.82, 2.24) is 0 Å². The molecule has 6 unspecified atom stereocenters. The quantitative estimate of drug-likeness (QED) is 0.233. The van der Waals surface area contributed by atoms with Crippen LogP contribution >= 0.6 is 0 Å². The summed E-state index contributed by atoms with van der Waals surface area (Å²) in [4.78, 5) is 0. The van der Waals surface area contributed by atoms with Crippen LogP contribution in [0.15, 0.2) is 0 Å². The predicted octanol–water partition coefficient (Wildman–Crippen LogP) is 11.2. The van der Waals surface area contributed by atoms with E-state index in [1.54, 1.807) is 0 Å². The summed E-state index contributed by atoms with van der Waals surface area (Å²) in [6.45, 7) is 32.7. The molecule has 0 spiro atoms. The zero-order valence-corrected chi connectivity index (χ0v) is 25.0. The van der Waals surface area contributed by atoms with Crippen molar-refractivity contribution in [3.63, 3.8) is 0 Å². The first-order valence-corrected chi connectivity index (χ1v) is 14.6. The fraction of sp³-hybridized carbons (Fsp3) is 1.00. The Hall–Kier alpha value is 0. The lowest BCUT2D eigenvalue weighted by molar-refractivity contribution is -0.114. The van der Waals surface area contributed by atoms with Crippen LogP contribution in [0.3, 0.4) is 0 Å². The van der Waals surface area contributed by atoms with Crippen molar-refractivity contribution < 1.29 is 0 Å². The Balaban J connectivity index is 3.51. The molecule has 0 amide bonds. The van der Waals surface area contributed by atoms with Crippen LogP contribution in [-0.2, 0) is 0 Å². The minimum Gasteiger partial charge on any atom is -0.0654 e. The largest absolute Gasteiger partial charge is 0.0654 e. The maximum absolute atomic E-state index is 2.76. The van der Waals surface area contributed by atoms with Gasteiger partial charge < -0.3 is 0 Å².